The molecule has 2 aromatic carbocycles. The largest absolute Gasteiger partial charge is 0.492 e. The van der Waals surface area contributed by atoms with Gasteiger partial charge in [0.05, 0.1) is 22.7 Å². The van der Waals surface area contributed by atoms with Gasteiger partial charge in [0.2, 0.25) is 5.91 Å². The fourth-order valence-electron chi connectivity index (χ4n) is 3.88. The molecular weight excluding hydrogens is 414 g/mol. The number of fused-ring (bicyclic) bond motifs is 1. The summed E-state index contributed by atoms with van der Waals surface area (Å²) >= 11 is 6.14. The van der Waals surface area contributed by atoms with Crippen molar-refractivity contribution in [3.05, 3.63) is 59.4 Å². The van der Waals surface area contributed by atoms with Gasteiger partial charge >= 0.3 is 0 Å². The molecule has 2 heterocycles. The van der Waals surface area contributed by atoms with Crippen molar-refractivity contribution in [3.63, 3.8) is 0 Å². The van der Waals surface area contributed by atoms with Crippen LogP contribution >= 0.6 is 11.6 Å². The lowest BCUT2D eigenvalue weighted by molar-refractivity contribution is -0.130. The molecule has 1 aliphatic heterocycles. The number of carbonyl (C=O) groups excluding carboxylic acids is 1. The van der Waals surface area contributed by atoms with E-state index in [0.717, 1.165) is 54.8 Å². The summed E-state index contributed by atoms with van der Waals surface area (Å²) in [6, 6.07) is 15.7. The Labute approximate surface area is 187 Å². The summed E-state index contributed by atoms with van der Waals surface area (Å²) in [6.45, 7) is 2.69. The first-order valence-electron chi connectivity index (χ1n) is 10.9. The van der Waals surface area contributed by atoms with Crippen molar-refractivity contribution in [2.24, 2.45) is 0 Å². The minimum Gasteiger partial charge on any atom is -0.492 e. The van der Waals surface area contributed by atoms with Gasteiger partial charge in [0.1, 0.15) is 17.7 Å². The monoisotopic (exact) mass is 441 g/mol. The molecule has 1 unspecified atom stereocenters. The molecule has 1 aliphatic rings. The van der Waals surface area contributed by atoms with Crippen LogP contribution in [0.25, 0.3) is 11.0 Å². The first kappa shape index (κ1) is 21.7. The van der Waals surface area contributed by atoms with Crippen molar-refractivity contribution in [2.75, 3.05) is 19.8 Å². The number of rotatable bonds is 10. The third kappa shape index (κ3) is 5.57. The maximum absolute atomic E-state index is 12.2. The highest BCUT2D eigenvalue weighted by atomic mass is 35.5. The molecule has 0 aliphatic carbocycles. The van der Waals surface area contributed by atoms with Gasteiger partial charge in [-0.25, -0.2) is 4.98 Å². The van der Waals surface area contributed by atoms with Crippen molar-refractivity contribution in [3.8, 4) is 5.75 Å². The highest BCUT2D eigenvalue weighted by Gasteiger charge is 2.23. The molecule has 164 valence electrons. The SMILES string of the molecule is O=C(NCCc1nc2ccccc2n1CCCCOc1ccccc1Cl)C1CCCO1. The first-order valence-corrected chi connectivity index (χ1v) is 11.3. The summed E-state index contributed by atoms with van der Waals surface area (Å²) in [7, 11) is 0. The maximum atomic E-state index is 12.2. The number of ether oxygens (including phenoxy) is 2. The number of unbranched alkanes of at least 4 members (excludes halogenated alkanes) is 1. The Morgan fingerprint density at radius 2 is 2.03 bits per heavy atom. The third-order valence-corrected chi connectivity index (χ3v) is 5.79. The highest BCUT2D eigenvalue weighted by molar-refractivity contribution is 6.32. The van der Waals surface area contributed by atoms with Crippen LogP contribution in [0, 0.1) is 0 Å². The van der Waals surface area contributed by atoms with Crippen molar-refractivity contribution in [1.82, 2.24) is 14.9 Å². The lowest BCUT2D eigenvalue weighted by atomic mass is 10.2. The van der Waals surface area contributed by atoms with E-state index >= 15 is 0 Å². The molecule has 7 heteroatoms. The van der Waals surface area contributed by atoms with Crippen LogP contribution in [0.3, 0.4) is 0 Å². The Morgan fingerprint density at radius 1 is 1.19 bits per heavy atom. The van der Waals surface area contributed by atoms with Gasteiger partial charge in [0, 0.05) is 26.1 Å². The average Bonchev–Trinajstić information content (AvgIpc) is 3.43. The van der Waals surface area contributed by atoms with E-state index in [2.05, 4.69) is 16.0 Å². The number of nitrogens with one attached hydrogen (secondary N) is 1. The summed E-state index contributed by atoms with van der Waals surface area (Å²) in [6.07, 6.45) is 4.02. The number of hydrogen-bond acceptors (Lipinski definition) is 4. The molecule has 1 N–H and O–H groups in total. The molecule has 0 bridgehead atoms. The van der Waals surface area contributed by atoms with E-state index in [-0.39, 0.29) is 12.0 Å². The van der Waals surface area contributed by atoms with Crippen LogP contribution in [0.2, 0.25) is 5.02 Å². The van der Waals surface area contributed by atoms with E-state index in [1.165, 1.54) is 0 Å². The van der Waals surface area contributed by atoms with Crippen LogP contribution in [0.4, 0.5) is 0 Å². The van der Waals surface area contributed by atoms with Crippen LogP contribution in [-0.4, -0.2) is 41.3 Å². The molecule has 1 aromatic heterocycles. The number of para-hydroxylation sites is 3. The molecular formula is C24H28ClN3O3. The molecule has 1 amide bonds. The molecule has 1 atom stereocenters. The molecule has 4 rings (SSSR count). The van der Waals surface area contributed by atoms with Gasteiger partial charge in [-0.1, -0.05) is 35.9 Å². The standard InChI is InChI=1S/C24H28ClN3O3/c25-18-8-1-4-11-21(18)30-16-6-5-15-28-20-10-3-2-9-19(20)27-23(28)13-14-26-24(29)22-12-7-17-31-22/h1-4,8-11,22H,5-7,12-17H2,(H,26,29). The van der Waals surface area contributed by atoms with Gasteiger partial charge in [-0.05, 0) is 49.9 Å². The van der Waals surface area contributed by atoms with Gasteiger partial charge in [0.25, 0.3) is 0 Å². The predicted octanol–water partition coefficient (Wildman–Crippen LogP) is 4.39. The van der Waals surface area contributed by atoms with E-state index in [1.807, 2.05) is 42.5 Å². The topological polar surface area (TPSA) is 65.4 Å². The van der Waals surface area contributed by atoms with E-state index in [4.69, 9.17) is 26.1 Å². The Bertz CT molecular complexity index is 1010. The Kier molecular flexibility index (Phi) is 7.43. The van der Waals surface area contributed by atoms with Gasteiger partial charge in [-0.15, -0.1) is 0 Å². The number of amides is 1. The Morgan fingerprint density at radius 3 is 2.87 bits per heavy atom. The second-order valence-corrected chi connectivity index (χ2v) is 8.10. The minimum atomic E-state index is -0.295. The predicted molar refractivity (Wildman–Crippen MR) is 122 cm³/mol. The third-order valence-electron chi connectivity index (χ3n) is 5.47. The molecule has 31 heavy (non-hydrogen) atoms. The summed E-state index contributed by atoms with van der Waals surface area (Å²) in [5.74, 6) is 1.69. The lowest BCUT2D eigenvalue weighted by Crippen LogP contribution is -2.35. The Hall–Kier alpha value is -2.57. The molecule has 3 aromatic rings. The normalized spacial score (nSPS) is 16.0. The van der Waals surface area contributed by atoms with Crippen LogP contribution in [-0.2, 0) is 22.5 Å². The highest BCUT2D eigenvalue weighted by Crippen LogP contribution is 2.23. The molecule has 0 saturated carbocycles. The smallest absolute Gasteiger partial charge is 0.249 e. The lowest BCUT2D eigenvalue weighted by Gasteiger charge is -2.12. The quantitative estimate of drug-likeness (QED) is 0.474. The Balaban J connectivity index is 1.31. The van der Waals surface area contributed by atoms with E-state index in [9.17, 15) is 4.79 Å². The number of halogens is 1. The molecule has 6 nitrogen and oxygen atoms in total. The van der Waals surface area contributed by atoms with Crippen molar-refractivity contribution in [1.29, 1.82) is 0 Å². The van der Waals surface area contributed by atoms with Crippen LogP contribution in [0.15, 0.2) is 48.5 Å². The second-order valence-electron chi connectivity index (χ2n) is 7.70. The molecule has 1 fully saturated rings. The number of nitrogens with zero attached hydrogens (tertiary/aromatic N) is 2. The van der Waals surface area contributed by atoms with Crippen LogP contribution in [0.1, 0.15) is 31.5 Å². The fraction of sp³-hybridized carbons (Fsp3) is 0.417. The van der Waals surface area contributed by atoms with Crippen LogP contribution in [0.5, 0.6) is 5.75 Å². The van der Waals surface area contributed by atoms with Crippen LogP contribution < -0.4 is 10.1 Å². The van der Waals surface area contributed by atoms with Gasteiger partial charge in [-0.3, -0.25) is 4.79 Å². The zero-order valence-corrected chi connectivity index (χ0v) is 18.3. The second kappa shape index (κ2) is 10.6. The molecule has 0 radical (unpaired) electrons. The number of benzene rings is 2. The summed E-state index contributed by atoms with van der Waals surface area (Å²) in [4.78, 5) is 17.0. The maximum Gasteiger partial charge on any atom is 0.249 e. The van der Waals surface area contributed by atoms with E-state index in [0.29, 0.717) is 31.2 Å². The van der Waals surface area contributed by atoms with Gasteiger partial charge < -0.3 is 19.4 Å². The van der Waals surface area contributed by atoms with Crippen molar-refractivity contribution in [2.45, 2.75) is 44.8 Å². The van der Waals surface area contributed by atoms with Crippen molar-refractivity contribution >= 4 is 28.5 Å². The van der Waals surface area contributed by atoms with E-state index in [1.54, 1.807) is 0 Å². The number of aryl methyl sites for hydroxylation is 1. The minimum absolute atomic E-state index is 0.0168. The summed E-state index contributed by atoms with van der Waals surface area (Å²) in [5, 5.41) is 3.63. The number of imidazole rings is 1. The van der Waals surface area contributed by atoms with Gasteiger partial charge in [0.15, 0.2) is 0 Å². The number of hydrogen-bond donors (Lipinski definition) is 1. The molecule has 0 spiro atoms. The first-order chi connectivity index (χ1) is 15.2. The molecule has 1 saturated heterocycles. The summed E-state index contributed by atoms with van der Waals surface area (Å²) in [5.41, 5.74) is 2.10. The zero-order valence-electron chi connectivity index (χ0n) is 17.6. The van der Waals surface area contributed by atoms with Crippen molar-refractivity contribution < 1.29 is 14.3 Å². The average molecular weight is 442 g/mol. The van der Waals surface area contributed by atoms with E-state index < -0.39 is 0 Å². The summed E-state index contributed by atoms with van der Waals surface area (Å²) < 4.78 is 13.5. The number of aromatic nitrogens is 2. The van der Waals surface area contributed by atoms with Gasteiger partial charge in [-0.2, -0.15) is 0 Å². The zero-order chi connectivity index (χ0) is 21.5. The number of carbonyl (C=O) groups is 1. The fourth-order valence-corrected chi connectivity index (χ4v) is 4.07.